The number of benzene rings is 1. The third kappa shape index (κ3) is 4.58. The van der Waals surface area contributed by atoms with Gasteiger partial charge in [-0.3, -0.25) is 4.79 Å². The van der Waals surface area contributed by atoms with E-state index in [1.165, 1.54) is 5.56 Å². The van der Waals surface area contributed by atoms with Gasteiger partial charge in [-0.2, -0.15) is 0 Å². The van der Waals surface area contributed by atoms with Gasteiger partial charge in [0.15, 0.2) is 0 Å². The minimum absolute atomic E-state index is 0. The summed E-state index contributed by atoms with van der Waals surface area (Å²) in [5, 5.41) is 3.67. The van der Waals surface area contributed by atoms with E-state index in [9.17, 15) is 4.79 Å². The largest absolute Gasteiger partial charge is 0.381 e. The second-order valence-corrected chi connectivity index (χ2v) is 5.84. The molecule has 6 heteroatoms. The topological polar surface area (TPSA) is 64.4 Å². The molecule has 2 rings (SSSR count). The fraction of sp³-hybridized carbons (Fsp3) is 0.533. The van der Waals surface area contributed by atoms with E-state index in [-0.39, 0.29) is 23.7 Å². The Balaban J connectivity index is 0.00000220. The van der Waals surface area contributed by atoms with Crippen LogP contribution in [0, 0.1) is 0 Å². The van der Waals surface area contributed by atoms with Crippen LogP contribution in [0.5, 0.6) is 0 Å². The quantitative estimate of drug-likeness (QED) is 0.888. The van der Waals surface area contributed by atoms with Crippen LogP contribution in [0.1, 0.15) is 25.3 Å². The van der Waals surface area contributed by atoms with Gasteiger partial charge >= 0.3 is 0 Å². The van der Waals surface area contributed by atoms with Crippen LogP contribution in [0.2, 0.25) is 5.02 Å². The second kappa shape index (κ2) is 7.99. The summed E-state index contributed by atoms with van der Waals surface area (Å²) in [6.45, 7) is 3.68. The predicted molar refractivity (Wildman–Crippen MR) is 87.1 cm³/mol. The first-order valence-electron chi connectivity index (χ1n) is 6.91. The van der Waals surface area contributed by atoms with Crippen LogP contribution in [-0.4, -0.2) is 31.7 Å². The van der Waals surface area contributed by atoms with E-state index in [1.54, 1.807) is 6.92 Å². The number of hydrogen-bond donors (Lipinski definition) is 2. The highest BCUT2D eigenvalue weighted by Gasteiger charge is 2.35. The summed E-state index contributed by atoms with van der Waals surface area (Å²) in [7, 11) is 0. The number of nitrogens with one attached hydrogen (secondary N) is 1. The number of ether oxygens (including phenoxy) is 1. The van der Waals surface area contributed by atoms with Crippen LogP contribution in [0.4, 0.5) is 0 Å². The molecule has 118 valence electrons. The molecule has 1 heterocycles. The van der Waals surface area contributed by atoms with E-state index >= 15 is 0 Å². The Morgan fingerprint density at radius 1 is 1.38 bits per heavy atom. The average molecular weight is 333 g/mol. The molecule has 0 unspecified atom stereocenters. The number of rotatable bonds is 4. The van der Waals surface area contributed by atoms with Gasteiger partial charge in [-0.1, -0.05) is 23.7 Å². The van der Waals surface area contributed by atoms with E-state index in [0.717, 1.165) is 17.9 Å². The standard InChI is InChI=1S/C15H21ClN2O2.ClH/c1-11(17)14(19)18-10-15(6-8-20-9-7-15)12-2-4-13(16)5-3-12;/h2-5,11H,6-10,17H2,1H3,(H,18,19);1H/t11-;/m1./s1. The third-order valence-electron chi connectivity index (χ3n) is 3.92. The Kier molecular flexibility index (Phi) is 6.94. The lowest BCUT2D eigenvalue weighted by Gasteiger charge is -2.38. The minimum Gasteiger partial charge on any atom is -0.381 e. The van der Waals surface area contributed by atoms with E-state index in [2.05, 4.69) is 5.32 Å². The number of carbonyl (C=O) groups excluding carboxylic acids is 1. The van der Waals surface area contributed by atoms with Crippen LogP contribution < -0.4 is 11.1 Å². The summed E-state index contributed by atoms with van der Waals surface area (Å²) in [6, 6.07) is 7.36. The maximum atomic E-state index is 11.7. The van der Waals surface area contributed by atoms with Crippen molar-refractivity contribution in [2.24, 2.45) is 5.73 Å². The summed E-state index contributed by atoms with van der Waals surface area (Å²) in [5.74, 6) is -0.121. The molecule has 4 nitrogen and oxygen atoms in total. The number of nitrogens with two attached hydrogens (primary N) is 1. The predicted octanol–water partition coefficient (Wildman–Crippen LogP) is 2.27. The van der Waals surface area contributed by atoms with Gasteiger partial charge in [0.2, 0.25) is 5.91 Å². The molecule has 0 aromatic heterocycles. The highest BCUT2D eigenvalue weighted by molar-refractivity contribution is 6.30. The van der Waals surface area contributed by atoms with Gasteiger partial charge in [0.25, 0.3) is 0 Å². The van der Waals surface area contributed by atoms with Crippen molar-refractivity contribution >= 4 is 29.9 Å². The lowest BCUT2D eigenvalue weighted by molar-refractivity contribution is -0.122. The highest BCUT2D eigenvalue weighted by Crippen LogP contribution is 2.34. The Morgan fingerprint density at radius 3 is 2.48 bits per heavy atom. The molecule has 1 amide bonds. The fourth-order valence-corrected chi connectivity index (χ4v) is 2.68. The number of carbonyl (C=O) groups is 1. The van der Waals surface area contributed by atoms with Crippen molar-refractivity contribution in [1.82, 2.24) is 5.32 Å². The van der Waals surface area contributed by atoms with Gasteiger partial charge < -0.3 is 15.8 Å². The van der Waals surface area contributed by atoms with E-state index in [1.807, 2.05) is 24.3 Å². The molecule has 1 aromatic rings. The Morgan fingerprint density at radius 2 is 1.95 bits per heavy atom. The molecule has 0 bridgehead atoms. The Bertz CT molecular complexity index is 457. The molecule has 1 aromatic carbocycles. The van der Waals surface area contributed by atoms with Gasteiger partial charge in [0.05, 0.1) is 6.04 Å². The molecule has 1 atom stereocenters. The van der Waals surface area contributed by atoms with Crippen molar-refractivity contribution in [2.45, 2.75) is 31.2 Å². The first-order valence-corrected chi connectivity index (χ1v) is 7.28. The first kappa shape index (κ1) is 18.2. The molecular weight excluding hydrogens is 311 g/mol. The van der Waals surface area contributed by atoms with Gasteiger partial charge in [-0.05, 0) is 37.5 Å². The smallest absolute Gasteiger partial charge is 0.236 e. The summed E-state index contributed by atoms with van der Waals surface area (Å²) in [4.78, 5) is 11.7. The monoisotopic (exact) mass is 332 g/mol. The molecular formula is C15H22Cl2N2O2. The van der Waals surface area contributed by atoms with Crippen molar-refractivity contribution in [1.29, 1.82) is 0 Å². The van der Waals surface area contributed by atoms with E-state index < -0.39 is 6.04 Å². The van der Waals surface area contributed by atoms with Crippen molar-refractivity contribution in [3.05, 3.63) is 34.9 Å². The molecule has 3 N–H and O–H groups in total. The molecule has 0 aliphatic carbocycles. The summed E-state index contributed by atoms with van der Waals surface area (Å²) >= 11 is 5.95. The molecule has 1 aliphatic rings. The molecule has 1 aliphatic heterocycles. The van der Waals surface area contributed by atoms with Crippen LogP contribution in [0.3, 0.4) is 0 Å². The van der Waals surface area contributed by atoms with Crippen LogP contribution in [0.25, 0.3) is 0 Å². The van der Waals surface area contributed by atoms with Gasteiger partial charge in [-0.25, -0.2) is 0 Å². The van der Waals surface area contributed by atoms with Crippen molar-refractivity contribution < 1.29 is 9.53 Å². The van der Waals surface area contributed by atoms with Crippen molar-refractivity contribution in [3.8, 4) is 0 Å². The van der Waals surface area contributed by atoms with E-state index in [4.69, 9.17) is 22.1 Å². The molecule has 0 radical (unpaired) electrons. The zero-order valence-corrected chi connectivity index (χ0v) is 13.7. The Labute approximate surface area is 136 Å². The zero-order valence-electron chi connectivity index (χ0n) is 12.1. The van der Waals surface area contributed by atoms with Crippen LogP contribution >= 0.6 is 24.0 Å². The van der Waals surface area contributed by atoms with Crippen molar-refractivity contribution in [3.63, 3.8) is 0 Å². The van der Waals surface area contributed by atoms with Gasteiger partial charge in [0.1, 0.15) is 0 Å². The molecule has 21 heavy (non-hydrogen) atoms. The van der Waals surface area contributed by atoms with Gasteiger partial charge in [0, 0.05) is 30.2 Å². The Hall–Kier alpha value is -0.810. The summed E-state index contributed by atoms with van der Waals surface area (Å²) in [6.07, 6.45) is 1.77. The van der Waals surface area contributed by atoms with Crippen molar-refractivity contribution in [2.75, 3.05) is 19.8 Å². The van der Waals surface area contributed by atoms with Gasteiger partial charge in [-0.15, -0.1) is 12.4 Å². The fourth-order valence-electron chi connectivity index (χ4n) is 2.55. The lowest BCUT2D eigenvalue weighted by atomic mass is 9.74. The molecule has 1 fully saturated rings. The van der Waals surface area contributed by atoms with E-state index in [0.29, 0.717) is 19.8 Å². The number of halogens is 2. The molecule has 0 saturated carbocycles. The third-order valence-corrected chi connectivity index (χ3v) is 4.17. The van der Waals surface area contributed by atoms with Crippen LogP contribution in [-0.2, 0) is 14.9 Å². The number of hydrogen-bond acceptors (Lipinski definition) is 3. The maximum Gasteiger partial charge on any atom is 0.236 e. The first-order chi connectivity index (χ1) is 9.53. The second-order valence-electron chi connectivity index (χ2n) is 5.41. The van der Waals surface area contributed by atoms with Crippen LogP contribution in [0.15, 0.2) is 24.3 Å². The molecule has 1 saturated heterocycles. The highest BCUT2D eigenvalue weighted by atomic mass is 35.5. The normalized spacial score (nSPS) is 18.4. The number of amides is 1. The molecule has 0 spiro atoms. The minimum atomic E-state index is -0.489. The SMILES string of the molecule is C[C@@H](N)C(=O)NCC1(c2ccc(Cl)cc2)CCOCC1.Cl. The summed E-state index contributed by atoms with van der Waals surface area (Å²) < 4.78 is 5.46. The zero-order chi connectivity index (χ0) is 14.6. The lowest BCUT2D eigenvalue weighted by Crippen LogP contribution is -2.48. The maximum absolute atomic E-state index is 11.7. The average Bonchev–Trinajstić information content (AvgIpc) is 2.46. The summed E-state index contributed by atoms with van der Waals surface area (Å²) in [5.41, 5.74) is 6.70.